The van der Waals surface area contributed by atoms with Gasteiger partial charge < -0.3 is 14.5 Å². The van der Waals surface area contributed by atoms with Gasteiger partial charge in [0.25, 0.3) is 0 Å². The number of fused-ring (bicyclic) bond motifs is 2. The Hall–Kier alpha value is -2.97. The van der Waals surface area contributed by atoms with Gasteiger partial charge in [0.15, 0.2) is 11.5 Å². The molecule has 0 bridgehead atoms. The number of para-hydroxylation sites is 2. The number of halogens is 1. The molecule has 112 valence electrons. The van der Waals surface area contributed by atoms with Gasteiger partial charge in [-0.05, 0) is 35.9 Å². The summed E-state index contributed by atoms with van der Waals surface area (Å²) in [5, 5.41) is 9.91. The SMILES string of the molecule is N#C/C(=C/c1cc(Cl)c2c(c1)OCO2)c1nc2ccccc2[nH]1. The lowest BCUT2D eigenvalue weighted by atomic mass is 10.1. The molecular weight excluding hydrogens is 314 g/mol. The second kappa shape index (κ2) is 5.34. The number of imidazole rings is 1. The molecule has 23 heavy (non-hydrogen) atoms. The highest BCUT2D eigenvalue weighted by atomic mass is 35.5. The van der Waals surface area contributed by atoms with Crippen LogP contribution in [0.25, 0.3) is 22.7 Å². The van der Waals surface area contributed by atoms with Gasteiger partial charge in [-0.3, -0.25) is 0 Å². The van der Waals surface area contributed by atoms with E-state index in [9.17, 15) is 5.26 Å². The minimum Gasteiger partial charge on any atom is -0.454 e. The number of benzene rings is 2. The molecule has 1 aromatic heterocycles. The van der Waals surface area contributed by atoms with Crippen LogP contribution in [0.1, 0.15) is 11.4 Å². The Bertz CT molecular complexity index is 952. The number of hydrogen-bond acceptors (Lipinski definition) is 4. The minimum atomic E-state index is 0.150. The maximum absolute atomic E-state index is 9.46. The van der Waals surface area contributed by atoms with Crippen molar-refractivity contribution in [2.24, 2.45) is 0 Å². The summed E-state index contributed by atoms with van der Waals surface area (Å²) < 4.78 is 10.6. The summed E-state index contributed by atoms with van der Waals surface area (Å²) in [6, 6.07) is 13.3. The van der Waals surface area contributed by atoms with Crippen molar-refractivity contribution in [2.45, 2.75) is 0 Å². The Morgan fingerprint density at radius 3 is 3.00 bits per heavy atom. The number of hydrogen-bond donors (Lipinski definition) is 1. The van der Waals surface area contributed by atoms with Crippen LogP contribution in [0.15, 0.2) is 36.4 Å². The van der Waals surface area contributed by atoms with Crippen molar-refractivity contribution in [2.75, 3.05) is 6.79 Å². The molecule has 0 radical (unpaired) electrons. The fourth-order valence-electron chi connectivity index (χ4n) is 2.47. The number of aromatic amines is 1. The summed E-state index contributed by atoms with van der Waals surface area (Å²) in [6.45, 7) is 0.150. The zero-order valence-electron chi connectivity index (χ0n) is 11.8. The number of nitrogens with zero attached hydrogens (tertiary/aromatic N) is 2. The average molecular weight is 324 g/mol. The lowest BCUT2D eigenvalue weighted by Gasteiger charge is -2.01. The molecule has 5 nitrogen and oxygen atoms in total. The molecule has 0 unspecified atom stereocenters. The highest BCUT2D eigenvalue weighted by molar-refractivity contribution is 6.32. The number of rotatable bonds is 2. The number of allylic oxidation sites excluding steroid dienone is 1. The van der Waals surface area contributed by atoms with Gasteiger partial charge in [-0.1, -0.05) is 23.7 Å². The first-order valence-corrected chi connectivity index (χ1v) is 7.28. The molecule has 0 spiro atoms. The van der Waals surface area contributed by atoms with Gasteiger partial charge >= 0.3 is 0 Å². The molecule has 0 aliphatic carbocycles. The monoisotopic (exact) mass is 323 g/mol. The van der Waals surface area contributed by atoms with Crippen LogP contribution >= 0.6 is 11.6 Å². The van der Waals surface area contributed by atoms with Crippen LogP contribution in [0.3, 0.4) is 0 Å². The summed E-state index contributed by atoms with van der Waals surface area (Å²) in [7, 11) is 0. The van der Waals surface area contributed by atoms with Gasteiger partial charge in [-0.15, -0.1) is 0 Å². The minimum absolute atomic E-state index is 0.150. The quantitative estimate of drug-likeness (QED) is 0.723. The molecule has 0 saturated carbocycles. The van der Waals surface area contributed by atoms with Crippen molar-refractivity contribution in [1.29, 1.82) is 5.26 Å². The molecule has 4 rings (SSSR count). The average Bonchev–Trinajstić information content (AvgIpc) is 3.18. The second-order valence-electron chi connectivity index (χ2n) is 5.01. The predicted molar refractivity (Wildman–Crippen MR) is 87.2 cm³/mol. The number of ether oxygens (including phenoxy) is 2. The summed E-state index contributed by atoms with van der Waals surface area (Å²) in [5.74, 6) is 1.62. The fraction of sp³-hybridized carbons (Fsp3) is 0.0588. The highest BCUT2D eigenvalue weighted by Gasteiger charge is 2.18. The van der Waals surface area contributed by atoms with E-state index < -0.39 is 0 Å². The molecular formula is C17H10ClN3O2. The van der Waals surface area contributed by atoms with E-state index in [4.69, 9.17) is 21.1 Å². The largest absolute Gasteiger partial charge is 0.454 e. The van der Waals surface area contributed by atoms with Gasteiger partial charge in [-0.25, -0.2) is 4.98 Å². The van der Waals surface area contributed by atoms with Crippen LogP contribution in [-0.2, 0) is 0 Å². The van der Waals surface area contributed by atoms with Crippen LogP contribution in [-0.4, -0.2) is 16.8 Å². The number of H-pyrrole nitrogens is 1. The molecule has 1 aliphatic rings. The molecule has 2 aromatic carbocycles. The fourth-order valence-corrected chi connectivity index (χ4v) is 2.74. The van der Waals surface area contributed by atoms with Crippen molar-refractivity contribution < 1.29 is 9.47 Å². The molecule has 0 atom stereocenters. The normalized spacial score (nSPS) is 13.3. The van der Waals surface area contributed by atoms with E-state index in [1.54, 1.807) is 18.2 Å². The first-order chi connectivity index (χ1) is 11.2. The second-order valence-corrected chi connectivity index (χ2v) is 5.42. The lowest BCUT2D eigenvalue weighted by Crippen LogP contribution is -1.93. The van der Waals surface area contributed by atoms with E-state index in [1.165, 1.54) is 0 Å². The van der Waals surface area contributed by atoms with Gasteiger partial charge in [0.1, 0.15) is 11.9 Å². The maximum atomic E-state index is 9.46. The van der Waals surface area contributed by atoms with E-state index in [-0.39, 0.29) is 6.79 Å². The summed E-state index contributed by atoms with van der Waals surface area (Å²) in [5.41, 5.74) is 2.85. The molecule has 0 amide bonds. The van der Waals surface area contributed by atoms with E-state index in [2.05, 4.69) is 16.0 Å². The van der Waals surface area contributed by atoms with E-state index >= 15 is 0 Å². The Labute approximate surface area is 136 Å². The van der Waals surface area contributed by atoms with Gasteiger partial charge in [-0.2, -0.15) is 5.26 Å². The third kappa shape index (κ3) is 2.39. The van der Waals surface area contributed by atoms with Crippen molar-refractivity contribution in [1.82, 2.24) is 9.97 Å². The molecule has 1 N–H and O–H groups in total. The van der Waals surface area contributed by atoms with Gasteiger partial charge in [0.2, 0.25) is 6.79 Å². The smallest absolute Gasteiger partial charge is 0.231 e. The third-order valence-electron chi connectivity index (χ3n) is 3.53. The highest BCUT2D eigenvalue weighted by Crippen LogP contribution is 2.40. The van der Waals surface area contributed by atoms with Crippen LogP contribution in [0.2, 0.25) is 5.02 Å². The summed E-state index contributed by atoms with van der Waals surface area (Å²) in [4.78, 5) is 7.58. The molecule has 1 aliphatic heterocycles. The van der Waals surface area contributed by atoms with E-state index in [0.717, 1.165) is 16.6 Å². The van der Waals surface area contributed by atoms with E-state index in [0.29, 0.717) is 27.9 Å². The third-order valence-corrected chi connectivity index (χ3v) is 3.81. The Morgan fingerprint density at radius 2 is 2.17 bits per heavy atom. The van der Waals surface area contributed by atoms with Crippen LogP contribution in [0.4, 0.5) is 0 Å². The van der Waals surface area contributed by atoms with Crippen LogP contribution in [0.5, 0.6) is 11.5 Å². The number of nitrogens with one attached hydrogen (secondary N) is 1. The Kier molecular flexibility index (Phi) is 3.18. The predicted octanol–water partition coefficient (Wildman–Crippen LogP) is 4.01. The van der Waals surface area contributed by atoms with Crippen molar-refractivity contribution in [3.05, 3.63) is 52.8 Å². The van der Waals surface area contributed by atoms with E-state index in [1.807, 2.05) is 24.3 Å². The number of nitriles is 1. The van der Waals surface area contributed by atoms with Crippen molar-refractivity contribution >= 4 is 34.3 Å². The zero-order valence-corrected chi connectivity index (χ0v) is 12.6. The molecule has 6 heteroatoms. The Balaban J connectivity index is 1.79. The standard InChI is InChI=1S/C17H10ClN3O2/c18-12-6-10(7-15-16(12)23-9-22-15)5-11(8-19)17-20-13-3-1-2-4-14(13)21-17/h1-7H,9H2,(H,20,21)/b11-5-. The zero-order chi connectivity index (χ0) is 15.8. The summed E-state index contributed by atoms with van der Waals surface area (Å²) in [6.07, 6.45) is 1.71. The topological polar surface area (TPSA) is 70.9 Å². The van der Waals surface area contributed by atoms with Crippen LogP contribution < -0.4 is 9.47 Å². The summed E-state index contributed by atoms with van der Waals surface area (Å²) >= 11 is 6.17. The first-order valence-electron chi connectivity index (χ1n) is 6.90. The lowest BCUT2D eigenvalue weighted by molar-refractivity contribution is 0.174. The van der Waals surface area contributed by atoms with Crippen LogP contribution in [0, 0.1) is 11.3 Å². The molecule has 0 fully saturated rings. The van der Waals surface area contributed by atoms with Gasteiger partial charge in [0.05, 0.1) is 21.6 Å². The van der Waals surface area contributed by atoms with Gasteiger partial charge in [0, 0.05) is 0 Å². The Morgan fingerprint density at radius 1 is 1.30 bits per heavy atom. The van der Waals surface area contributed by atoms with Crippen molar-refractivity contribution in [3.8, 4) is 17.6 Å². The van der Waals surface area contributed by atoms with Crippen molar-refractivity contribution in [3.63, 3.8) is 0 Å². The molecule has 2 heterocycles. The molecule has 0 saturated heterocycles. The number of aromatic nitrogens is 2. The first kappa shape index (κ1) is 13.7. The molecule has 3 aromatic rings. The maximum Gasteiger partial charge on any atom is 0.231 e.